The number of aryl methyl sites for hydroxylation is 2. The summed E-state index contributed by atoms with van der Waals surface area (Å²) in [6.45, 7) is 8.08. The second-order valence-electron chi connectivity index (χ2n) is 5.55. The highest BCUT2D eigenvalue weighted by Gasteiger charge is 2.29. The second kappa shape index (κ2) is 5.16. The Kier molecular flexibility index (Phi) is 3.74. The van der Waals surface area contributed by atoms with Crippen LogP contribution in [0.4, 0.5) is 0 Å². The molecule has 19 heavy (non-hydrogen) atoms. The lowest BCUT2D eigenvalue weighted by Gasteiger charge is -2.14. The highest BCUT2D eigenvalue weighted by atomic mass is 16.2. The zero-order chi connectivity index (χ0) is 14.2. The summed E-state index contributed by atoms with van der Waals surface area (Å²) in [5.41, 5.74) is 5.07. The summed E-state index contributed by atoms with van der Waals surface area (Å²) in [6.07, 6.45) is 1.92. The quantitative estimate of drug-likeness (QED) is 0.845. The Morgan fingerprint density at radius 2 is 1.63 bits per heavy atom. The van der Waals surface area contributed by atoms with Crippen molar-refractivity contribution in [2.45, 2.75) is 40.5 Å². The van der Waals surface area contributed by atoms with Gasteiger partial charge in [-0.05, 0) is 62.8 Å². The van der Waals surface area contributed by atoms with Crippen LogP contribution >= 0.6 is 0 Å². The maximum Gasteiger partial charge on any atom is 0.223 e. The van der Waals surface area contributed by atoms with Crippen molar-refractivity contribution in [1.82, 2.24) is 5.32 Å². The van der Waals surface area contributed by atoms with E-state index in [1.165, 1.54) is 0 Å². The van der Waals surface area contributed by atoms with Gasteiger partial charge in [0.15, 0.2) is 5.78 Å². The standard InChI is InChI=1S/C16H21NO2/c1-9-7-10(2)12(4)15(11(9)3)14(18)8-17-16(19)13-5-6-13/h7,13H,5-6,8H2,1-4H3,(H,17,19). The van der Waals surface area contributed by atoms with Crippen molar-refractivity contribution < 1.29 is 9.59 Å². The molecule has 2 rings (SSSR count). The Morgan fingerprint density at radius 3 is 2.11 bits per heavy atom. The Labute approximate surface area is 114 Å². The van der Waals surface area contributed by atoms with Crippen LogP contribution in [0.2, 0.25) is 0 Å². The number of benzene rings is 1. The van der Waals surface area contributed by atoms with Crippen LogP contribution in [-0.2, 0) is 4.79 Å². The molecular weight excluding hydrogens is 238 g/mol. The molecule has 0 bridgehead atoms. The molecule has 3 nitrogen and oxygen atoms in total. The molecule has 1 amide bonds. The summed E-state index contributed by atoms with van der Waals surface area (Å²) in [5, 5.41) is 2.75. The Balaban J connectivity index is 2.16. The van der Waals surface area contributed by atoms with Crippen molar-refractivity contribution in [2.75, 3.05) is 6.54 Å². The van der Waals surface area contributed by atoms with E-state index in [4.69, 9.17) is 0 Å². The van der Waals surface area contributed by atoms with Gasteiger partial charge in [0, 0.05) is 11.5 Å². The number of hydrogen-bond donors (Lipinski definition) is 1. The molecule has 0 unspecified atom stereocenters. The molecule has 0 spiro atoms. The molecular formula is C16H21NO2. The normalized spacial score (nSPS) is 14.3. The van der Waals surface area contributed by atoms with Crippen LogP contribution in [0.1, 0.15) is 45.5 Å². The number of hydrogen-bond acceptors (Lipinski definition) is 2. The number of carbonyl (C=O) groups is 2. The smallest absolute Gasteiger partial charge is 0.223 e. The van der Waals surface area contributed by atoms with Gasteiger partial charge < -0.3 is 5.32 Å². The van der Waals surface area contributed by atoms with Gasteiger partial charge in [-0.3, -0.25) is 9.59 Å². The summed E-state index contributed by atoms with van der Waals surface area (Å²) in [5.74, 6) is 0.179. The molecule has 0 aliphatic heterocycles. The van der Waals surface area contributed by atoms with Crippen molar-refractivity contribution in [3.8, 4) is 0 Å². The van der Waals surface area contributed by atoms with Gasteiger partial charge >= 0.3 is 0 Å². The lowest BCUT2D eigenvalue weighted by atomic mass is 9.91. The van der Waals surface area contributed by atoms with Gasteiger partial charge in [-0.2, -0.15) is 0 Å². The molecule has 0 radical (unpaired) electrons. The minimum absolute atomic E-state index is 0.0100. The summed E-state index contributed by atoms with van der Waals surface area (Å²) in [6, 6.07) is 2.10. The number of amides is 1. The second-order valence-corrected chi connectivity index (χ2v) is 5.55. The predicted octanol–water partition coefficient (Wildman–Crippen LogP) is 2.63. The molecule has 1 aromatic carbocycles. The van der Waals surface area contributed by atoms with Gasteiger partial charge in [-0.1, -0.05) is 6.07 Å². The number of ketones is 1. The van der Waals surface area contributed by atoms with E-state index in [0.717, 1.165) is 40.7 Å². The van der Waals surface area contributed by atoms with E-state index in [1.807, 2.05) is 27.7 Å². The lowest BCUT2D eigenvalue weighted by molar-refractivity contribution is -0.122. The van der Waals surface area contributed by atoms with E-state index < -0.39 is 0 Å². The van der Waals surface area contributed by atoms with E-state index in [9.17, 15) is 9.59 Å². The lowest BCUT2D eigenvalue weighted by Crippen LogP contribution is -2.31. The average molecular weight is 259 g/mol. The maximum absolute atomic E-state index is 12.3. The molecule has 1 aliphatic rings. The Bertz CT molecular complexity index is 516. The predicted molar refractivity (Wildman–Crippen MR) is 75.5 cm³/mol. The first-order valence-corrected chi connectivity index (χ1v) is 6.80. The van der Waals surface area contributed by atoms with E-state index >= 15 is 0 Å². The third-order valence-electron chi connectivity index (χ3n) is 4.02. The fraction of sp³-hybridized carbons (Fsp3) is 0.500. The molecule has 1 saturated carbocycles. The van der Waals surface area contributed by atoms with E-state index in [2.05, 4.69) is 11.4 Å². The summed E-state index contributed by atoms with van der Waals surface area (Å²) >= 11 is 0. The number of nitrogens with one attached hydrogen (secondary N) is 1. The highest BCUT2D eigenvalue weighted by molar-refractivity contribution is 6.02. The van der Waals surface area contributed by atoms with Gasteiger partial charge in [0.1, 0.15) is 0 Å². The van der Waals surface area contributed by atoms with Crippen molar-refractivity contribution in [3.05, 3.63) is 33.9 Å². The number of Topliss-reactive ketones (excluding diaryl/α,β-unsaturated/α-hetero) is 1. The molecule has 1 aromatic rings. The maximum atomic E-state index is 12.3. The minimum Gasteiger partial charge on any atom is -0.348 e. The highest BCUT2D eigenvalue weighted by Crippen LogP contribution is 2.28. The molecule has 0 saturated heterocycles. The SMILES string of the molecule is Cc1cc(C)c(C)c(C(=O)CNC(=O)C2CC2)c1C. The Hall–Kier alpha value is -1.64. The van der Waals surface area contributed by atoms with Crippen molar-refractivity contribution in [3.63, 3.8) is 0 Å². The molecule has 102 valence electrons. The molecule has 1 aliphatic carbocycles. The van der Waals surface area contributed by atoms with E-state index in [-0.39, 0.29) is 24.2 Å². The van der Waals surface area contributed by atoms with Gasteiger partial charge in [0.25, 0.3) is 0 Å². The van der Waals surface area contributed by atoms with Crippen LogP contribution < -0.4 is 5.32 Å². The average Bonchev–Trinajstić information content (AvgIpc) is 3.18. The van der Waals surface area contributed by atoms with Gasteiger partial charge in [-0.25, -0.2) is 0 Å². The monoisotopic (exact) mass is 259 g/mol. The first-order valence-electron chi connectivity index (χ1n) is 6.80. The summed E-state index contributed by atoms with van der Waals surface area (Å²) in [4.78, 5) is 23.9. The number of carbonyl (C=O) groups excluding carboxylic acids is 2. The molecule has 0 heterocycles. The van der Waals surface area contributed by atoms with Crippen LogP contribution in [0, 0.1) is 33.6 Å². The minimum atomic E-state index is 0.0100. The van der Waals surface area contributed by atoms with Crippen molar-refractivity contribution >= 4 is 11.7 Å². The summed E-state index contributed by atoms with van der Waals surface area (Å²) < 4.78 is 0. The molecule has 1 fully saturated rings. The first kappa shape index (κ1) is 13.8. The van der Waals surface area contributed by atoms with Crippen LogP contribution in [0.3, 0.4) is 0 Å². The number of rotatable bonds is 4. The zero-order valence-corrected chi connectivity index (χ0v) is 12.1. The van der Waals surface area contributed by atoms with Crippen LogP contribution in [0.5, 0.6) is 0 Å². The van der Waals surface area contributed by atoms with Crippen molar-refractivity contribution in [1.29, 1.82) is 0 Å². The van der Waals surface area contributed by atoms with Crippen molar-refractivity contribution in [2.24, 2.45) is 5.92 Å². The third kappa shape index (κ3) is 2.86. The molecule has 0 aromatic heterocycles. The van der Waals surface area contributed by atoms with E-state index in [0.29, 0.717) is 0 Å². The fourth-order valence-corrected chi connectivity index (χ4v) is 2.38. The topological polar surface area (TPSA) is 46.2 Å². The third-order valence-corrected chi connectivity index (χ3v) is 4.02. The van der Waals surface area contributed by atoms with Gasteiger partial charge in [0.05, 0.1) is 6.54 Å². The van der Waals surface area contributed by atoms with E-state index in [1.54, 1.807) is 0 Å². The summed E-state index contributed by atoms with van der Waals surface area (Å²) in [7, 11) is 0. The zero-order valence-electron chi connectivity index (χ0n) is 12.1. The largest absolute Gasteiger partial charge is 0.348 e. The molecule has 3 heteroatoms. The van der Waals surface area contributed by atoms with Gasteiger partial charge in [0.2, 0.25) is 5.91 Å². The van der Waals surface area contributed by atoms with Crippen LogP contribution in [-0.4, -0.2) is 18.2 Å². The van der Waals surface area contributed by atoms with Crippen LogP contribution in [0.25, 0.3) is 0 Å². The molecule has 1 N–H and O–H groups in total. The molecule has 0 atom stereocenters. The fourth-order valence-electron chi connectivity index (χ4n) is 2.38. The Morgan fingerprint density at radius 1 is 1.11 bits per heavy atom. The van der Waals surface area contributed by atoms with Gasteiger partial charge in [-0.15, -0.1) is 0 Å². The van der Waals surface area contributed by atoms with Crippen LogP contribution in [0.15, 0.2) is 6.07 Å². The first-order chi connectivity index (χ1) is 8.91.